The Balaban J connectivity index is 2.01. The van der Waals surface area contributed by atoms with Gasteiger partial charge in [-0.15, -0.1) is 23.1 Å². The van der Waals surface area contributed by atoms with Crippen LogP contribution in [-0.2, 0) is 5.75 Å². The number of hydrogen-bond donors (Lipinski definition) is 1. The van der Waals surface area contributed by atoms with Crippen LogP contribution in [0.2, 0.25) is 4.34 Å². The highest BCUT2D eigenvalue weighted by Gasteiger charge is 2.06. The summed E-state index contributed by atoms with van der Waals surface area (Å²) >= 11 is 10.8. The predicted molar refractivity (Wildman–Crippen MR) is 70.2 cm³/mol. The van der Waals surface area contributed by atoms with E-state index >= 15 is 0 Å². The van der Waals surface area contributed by atoms with E-state index in [4.69, 9.17) is 17.3 Å². The minimum absolute atomic E-state index is 0.638. The van der Waals surface area contributed by atoms with Crippen molar-refractivity contribution in [2.75, 3.05) is 5.73 Å². The summed E-state index contributed by atoms with van der Waals surface area (Å²) < 4.78 is 2.03. The molecule has 0 amide bonds. The number of aromatic nitrogens is 1. The normalized spacial score (nSPS) is 10.8. The fourth-order valence-electron chi connectivity index (χ4n) is 1.10. The predicted octanol–water partition coefficient (Wildman–Crippen LogP) is 4.04. The van der Waals surface area contributed by atoms with Crippen LogP contribution < -0.4 is 5.73 Å². The van der Waals surface area contributed by atoms with E-state index in [0.717, 1.165) is 15.8 Å². The van der Waals surface area contributed by atoms with Crippen LogP contribution in [0.5, 0.6) is 0 Å². The average Bonchev–Trinajstić information content (AvgIpc) is 2.70. The first-order valence-corrected chi connectivity index (χ1v) is 7.24. The van der Waals surface area contributed by atoms with Gasteiger partial charge in [-0.1, -0.05) is 22.9 Å². The van der Waals surface area contributed by atoms with Gasteiger partial charge in [0.25, 0.3) is 0 Å². The molecule has 0 aromatic carbocycles. The van der Waals surface area contributed by atoms with E-state index in [1.165, 1.54) is 9.09 Å². The lowest BCUT2D eigenvalue weighted by Crippen LogP contribution is -1.80. The molecular formula is C9H9ClN2S3. The third-order valence-electron chi connectivity index (χ3n) is 1.74. The monoisotopic (exact) mass is 276 g/mol. The first kappa shape index (κ1) is 11.3. The second-order valence-corrected chi connectivity index (χ2v) is 6.99. The van der Waals surface area contributed by atoms with Gasteiger partial charge >= 0.3 is 0 Å². The molecule has 0 aliphatic heterocycles. The fourth-order valence-corrected chi connectivity index (χ4v) is 4.26. The molecular weight excluding hydrogens is 268 g/mol. The number of anilines is 1. The van der Waals surface area contributed by atoms with Gasteiger partial charge in [0.2, 0.25) is 0 Å². The molecule has 0 aliphatic carbocycles. The van der Waals surface area contributed by atoms with Gasteiger partial charge in [-0.3, -0.25) is 0 Å². The number of hydrogen-bond acceptors (Lipinski definition) is 5. The van der Waals surface area contributed by atoms with Crippen molar-refractivity contribution in [1.82, 2.24) is 4.98 Å². The first-order valence-electron chi connectivity index (χ1n) is 4.25. The van der Waals surface area contributed by atoms with Crippen LogP contribution in [0.25, 0.3) is 0 Å². The van der Waals surface area contributed by atoms with Gasteiger partial charge in [-0.2, -0.15) is 0 Å². The van der Waals surface area contributed by atoms with Crippen LogP contribution in [0.1, 0.15) is 10.6 Å². The maximum atomic E-state index is 5.86. The molecule has 0 fully saturated rings. The van der Waals surface area contributed by atoms with Crippen LogP contribution in [0.15, 0.2) is 16.3 Å². The summed E-state index contributed by atoms with van der Waals surface area (Å²) in [6.45, 7) is 1.98. The minimum Gasteiger partial charge on any atom is -0.375 e. The van der Waals surface area contributed by atoms with E-state index in [0.29, 0.717) is 5.13 Å². The molecule has 0 saturated heterocycles. The van der Waals surface area contributed by atoms with E-state index in [1.54, 1.807) is 34.4 Å². The molecule has 80 valence electrons. The Morgan fingerprint density at radius 3 is 2.80 bits per heavy atom. The van der Waals surface area contributed by atoms with Crippen molar-refractivity contribution in [2.45, 2.75) is 16.9 Å². The standard InChI is InChI=1S/C9H9ClN2S3/c1-5-8(15-9(11)12-5)13-4-6-2-3-7(10)14-6/h2-3H,4H2,1H3,(H2,11,12). The summed E-state index contributed by atoms with van der Waals surface area (Å²) in [4.78, 5) is 5.46. The van der Waals surface area contributed by atoms with E-state index < -0.39 is 0 Å². The van der Waals surface area contributed by atoms with Crippen molar-refractivity contribution in [1.29, 1.82) is 0 Å². The van der Waals surface area contributed by atoms with Crippen LogP contribution in [0.3, 0.4) is 0 Å². The third-order valence-corrected chi connectivity index (χ3v) is 5.56. The zero-order valence-electron chi connectivity index (χ0n) is 7.99. The molecule has 0 saturated carbocycles. The average molecular weight is 277 g/mol. The molecule has 6 heteroatoms. The van der Waals surface area contributed by atoms with Gasteiger partial charge in [0, 0.05) is 10.6 Å². The lowest BCUT2D eigenvalue weighted by molar-refractivity contribution is 1.21. The summed E-state index contributed by atoms with van der Waals surface area (Å²) in [5.41, 5.74) is 6.65. The number of nitrogens with two attached hydrogens (primary N) is 1. The Morgan fingerprint density at radius 1 is 1.47 bits per heavy atom. The van der Waals surface area contributed by atoms with Gasteiger partial charge in [-0.05, 0) is 19.1 Å². The van der Waals surface area contributed by atoms with Crippen LogP contribution in [0, 0.1) is 6.92 Å². The Kier molecular flexibility index (Phi) is 3.56. The summed E-state index contributed by atoms with van der Waals surface area (Å²) in [6, 6.07) is 3.98. The number of thiophene rings is 1. The summed E-state index contributed by atoms with van der Waals surface area (Å²) in [7, 11) is 0. The SMILES string of the molecule is Cc1nc(N)sc1SCc1ccc(Cl)s1. The number of halogens is 1. The lowest BCUT2D eigenvalue weighted by atomic mass is 10.5. The number of thioether (sulfide) groups is 1. The molecule has 0 unspecified atom stereocenters. The Labute approximate surface area is 105 Å². The van der Waals surface area contributed by atoms with Gasteiger partial charge in [0.1, 0.15) is 0 Å². The molecule has 2 heterocycles. The second kappa shape index (κ2) is 4.74. The van der Waals surface area contributed by atoms with E-state index in [2.05, 4.69) is 11.1 Å². The third kappa shape index (κ3) is 2.87. The van der Waals surface area contributed by atoms with Crippen LogP contribution >= 0.6 is 46.0 Å². The first-order chi connectivity index (χ1) is 7.15. The topological polar surface area (TPSA) is 38.9 Å². The summed E-state index contributed by atoms with van der Waals surface area (Å²) in [5, 5.41) is 0.638. The number of thiazole rings is 1. The van der Waals surface area contributed by atoms with E-state index in [1.807, 2.05) is 13.0 Å². The van der Waals surface area contributed by atoms with Crippen molar-refractivity contribution < 1.29 is 0 Å². The molecule has 15 heavy (non-hydrogen) atoms. The van der Waals surface area contributed by atoms with E-state index in [-0.39, 0.29) is 0 Å². The molecule has 0 atom stereocenters. The van der Waals surface area contributed by atoms with Crippen LogP contribution in [0.4, 0.5) is 5.13 Å². The maximum Gasteiger partial charge on any atom is 0.181 e. The second-order valence-electron chi connectivity index (χ2n) is 2.92. The summed E-state index contributed by atoms with van der Waals surface area (Å²) in [6.07, 6.45) is 0. The fraction of sp³-hybridized carbons (Fsp3) is 0.222. The molecule has 0 bridgehead atoms. The number of nitrogen functional groups attached to an aromatic ring is 1. The quantitative estimate of drug-likeness (QED) is 0.860. The minimum atomic E-state index is 0.638. The molecule has 0 aliphatic rings. The van der Waals surface area contributed by atoms with Crippen molar-refractivity contribution in [2.24, 2.45) is 0 Å². The van der Waals surface area contributed by atoms with E-state index in [9.17, 15) is 0 Å². The highest BCUT2D eigenvalue weighted by atomic mass is 35.5. The molecule has 0 spiro atoms. The number of aryl methyl sites for hydroxylation is 1. The van der Waals surface area contributed by atoms with Crippen molar-refractivity contribution in [3.05, 3.63) is 27.0 Å². The smallest absolute Gasteiger partial charge is 0.181 e. The number of nitrogens with zero attached hydrogens (tertiary/aromatic N) is 1. The number of rotatable bonds is 3. The molecule has 2 nitrogen and oxygen atoms in total. The molecule has 2 N–H and O–H groups in total. The van der Waals surface area contributed by atoms with Crippen molar-refractivity contribution in [3.63, 3.8) is 0 Å². The molecule has 0 radical (unpaired) electrons. The zero-order valence-corrected chi connectivity index (χ0v) is 11.2. The largest absolute Gasteiger partial charge is 0.375 e. The van der Waals surface area contributed by atoms with Gasteiger partial charge in [0.05, 0.1) is 14.2 Å². The van der Waals surface area contributed by atoms with Crippen molar-refractivity contribution >= 4 is 51.2 Å². The summed E-state index contributed by atoms with van der Waals surface area (Å²) in [5.74, 6) is 0.930. The molecule has 2 aromatic heterocycles. The van der Waals surface area contributed by atoms with Crippen LogP contribution in [-0.4, -0.2) is 4.98 Å². The van der Waals surface area contributed by atoms with Gasteiger partial charge in [0.15, 0.2) is 5.13 Å². The Hall–Kier alpha value is -0.230. The Morgan fingerprint density at radius 2 is 2.27 bits per heavy atom. The maximum absolute atomic E-state index is 5.86. The zero-order chi connectivity index (χ0) is 10.8. The Bertz CT molecular complexity index is 464. The molecule has 2 rings (SSSR count). The highest BCUT2D eigenvalue weighted by molar-refractivity contribution is 8.00. The van der Waals surface area contributed by atoms with Gasteiger partial charge < -0.3 is 5.73 Å². The van der Waals surface area contributed by atoms with Gasteiger partial charge in [-0.25, -0.2) is 4.98 Å². The van der Waals surface area contributed by atoms with Crippen molar-refractivity contribution in [3.8, 4) is 0 Å². The highest BCUT2D eigenvalue weighted by Crippen LogP contribution is 2.34. The lowest BCUT2D eigenvalue weighted by Gasteiger charge is -1.95. The molecule has 2 aromatic rings.